The summed E-state index contributed by atoms with van der Waals surface area (Å²) < 4.78 is 42.0. The molecule has 0 atom stereocenters. The number of aliphatic hydroxyl groups excluding tert-OH is 1. The van der Waals surface area contributed by atoms with Crippen LogP contribution in [0.5, 0.6) is 5.75 Å². The molecular formula is C17H12ClF3O3. The summed E-state index contributed by atoms with van der Waals surface area (Å²) in [5, 5.41) is 9.39. The van der Waals surface area contributed by atoms with Gasteiger partial charge in [-0.05, 0) is 42.0 Å². The molecule has 0 aliphatic heterocycles. The van der Waals surface area contributed by atoms with Gasteiger partial charge in [0.1, 0.15) is 12.4 Å². The van der Waals surface area contributed by atoms with Gasteiger partial charge in [-0.3, -0.25) is 4.79 Å². The molecule has 0 heterocycles. The first-order chi connectivity index (χ1) is 11.3. The zero-order valence-electron chi connectivity index (χ0n) is 12.2. The Morgan fingerprint density at radius 1 is 1.08 bits per heavy atom. The zero-order valence-corrected chi connectivity index (χ0v) is 12.9. The molecule has 0 radical (unpaired) electrons. The van der Waals surface area contributed by atoms with Crippen LogP contribution in [0.25, 0.3) is 0 Å². The molecule has 0 saturated heterocycles. The fraction of sp³-hybridized carbons (Fsp3) is 0.118. The maximum atomic E-state index is 12.2. The SMILES string of the molecule is O=C(C=C(O)C(F)(F)F)c1ccc(OCc2ccc(Cl)cc2)cc1. The van der Waals surface area contributed by atoms with E-state index >= 15 is 0 Å². The molecule has 0 aliphatic carbocycles. The number of ether oxygens (including phenoxy) is 1. The van der Waals surface area contributed by atoms with Crippen molar-refractivity contribution in [1.82, 2.24) is 0 Å². The third kappa shape index (κ3) is 5.03. The second-order valence-electron chi connectivity index (χ2n) is 4.83. The number of hydrogen-bond acceptors (Lipinski definition) is 3. The molecule has 2 rings (SSSR count). The first-order valence-corrected chi connectivity index (χ1v) is 7.13. The van der Waals surface area contributed by atoms with Gasteiger partial charge in [-0.1, -0.05) is 23.7 Å². The van der Waals surface area contributed by atoms with Crippen LogP contribution in [0.1, 0.15) is 15.9 Å². The summed E-state index contributed by atoms with van der Waals surface area (Å²) in [6, 6.07) is 12.6. The van der Waals surface area contributed by atoms with Crippen LogP contribution in [0.15, 0.2) is 60.4 Å². The van der Waals surface area contributed by atoms with Crippen molar-refractivity contribution in [2.45, 2.75) is 12.8 Å². The lowest BCUT2D eigenvalue weighted by Gasteiger charge is -2.07. The van der Waals surface area contributed by atoms with Gasteiger partial charge in [0.2, 0.25) is 5.76 Å². The van der Waals surface area contributed by atoms with E-state index in [-0.39, 0.29) is 18.2 Å². The van der Waals surface area contributed by atoms with Crippen LogP contribution in [0.4, 0.5) is 13.2 Å². The van der Waals surface area contributed by atoms with Crippen molar-refractivity contribution in [2.75, 3.05) is 0 Å². The quantitative estimate of drug-likeness (QED) is 0.460. The highest BCUT2D eigenvalue weighted by molar-refractivity contribution is 6.30. The number of carbonyl (C=O) groups is 1. The lowest BCUT2D eigenvalue weighted by molar-refractivity contribution is -0.120. The number of benzene rings is 2. The Labute approximate surface area is 140 Å². The number of halogens is 4. The predicted octanol–water partition coefficient (Wildman–Crippen LogP) is 5.11. The van der Waals surface area contributed by atoms with Crippen molar-refractivity contribution in [2.24, 2.45) is 0 Å². The van der Waals surface area contributed by atoms with Gasteiger partial charge in [0.05, 0.1) is 0 Å². The van der Waals surface area contributed by atoms with E-state index in [2.05, 4.69) is 0 Å². The monoisotopic (exact) mass is 356 g/mol. The molecule has 1 N–H and O–H groups in total. The van der Waals surface area contributed by atoms with E-state index in [0.29, 0.717) is 10.8 Å². The largest absolute Gasteiger partial charge is 0.504 e. The molecular weight excluding hydrogens is 345 g/mol. The number of carbonyl (C=O) groups excluding carboxylic acids is 1. The Hall–Kier alpha value is -2.47. The van der Waals surface area contributed by atoms with Gasteiger partial charge in [-0.2, -0.15) is 13.2 Å². The molecule has 2 aromatic rings. The minimum Gasteiger partial charge on any atom is -0.504 e. The molecule has 0 aliphatic rings. The number of allylic oxidation sites excluding steroid dienone is 2. The van der Waals surface area contributed by atoms with Crippen LogP contribution >= 0.6 is 11.6 Å². The Bertz CT molecular complexity index is 735. The second kappa shape index (κ2) is 7.40. The van der Waals surface area contributed by atoms with Crippen LogP contribution in [-0.2, 0) is 6.61 Å². The van der Waals surface area contributed by atoms with E-state index in [1.165, 1.54) is 24.3 Å². The van der Waals surface area contributed by atoms with Gasteiger partial charge in [-0.15, -0.1) is 0 Å². The van der Waals surface area contributed by atoms with Crippen LogP contribution in [0.3, 0.4) is 0 Å². The van der Waals surface area contributed by atoms with Crippen molar-refractivity contribution in [3.63, 3.8) is 0 Å². The van der Waals surface area contributed by atoms with Crippen molar-refractivity contribution >= 4 is 17.4 Å². The highest BCUT2D eigenvalue weighted by Gasteiger charge is 2.34. The molecule has 126 valence electrons. The van der Waals surface area contributed by atoms with Gasteiger partial charge in [0.25, 0.3) is 0 Å². The Morgan fingerprint density at radius 3 is 2.21 bits per heavy atom. The van der Waals surface area contributed by atoms with Gasteiger partial charge in [0, 0.05) is 16.7 Å². The van der Waals surface area contributed by atoms with E-state index in [1.54, 1.807) is 24.3 Å². The molecule has 0 amide bonds. The topological polar surface area (TPSA) is 46.5 Å². The Morgan fingerprint density at radius 2 is 1.67 bits per heavy atom. The number of hydrogen-bond donors (Lipinski definition) is 1. The minimum absolute atomic E-state index is 0.00430. The smallest absolute Gasteiger partial charge is 0.448 e. The van der Waals surface area contributed by atoms with Crippen molar-refractivity contribution in [3.05, 3.63) is 76.5 Å². The van der Waals surface area contributed by atoms with Crippen LogP contribution in [0, 0.1) is 0 Å². The van der Waals surface area contributed by atoms with Gasteiger partial charge >= 0.3 is 6.18 Å². The predicted molar refractivity (Wildman–Crippen MR) is 83.3 cm³/mol. The average molecular weight is 357 g/mol. The van der Waals surface area contributed by atoms with Gasteiger partial charge in [0.15, 0.2) is 5.78 Å². The Balaban J connectivity index is 2.00. The van der Waals surface area contributed by atoms with E-state index in [1.807, 2.05) is 0 Å². The third-order valence-electron chi connectivity index (χ3n) is 3.02. The first kappa shape index (κ1) is 17.9. The minimum atomic E-state index is -4.95. The number of alkyl halides is 3. The van der Waals surface area contributed by atoms with Crippen LogP contribution in [0.2, 0.25) is 5.02 Å². The van der Waals surface area contributed by atoms with E-state index in [4.69, 9.17) is 21.4 Å². The van der Waals surface area contributed by atoms with Crippen LogP contribution < -0.4 is 4.74 Å². The van der Waals surface area contributed by atoms with Crippen molar-refractivity contribution in [1.29, 1.82) is 0 Å². The van der Waals surface area contributed by atoms with Crippen LogP contribution in [-0.4, -0.2) is 17.1 Å². The summed E-state index contributed by atoms with van der Waals surface area (Å²) in [5.41, 5.74) is 0.891. The summed E-state index contributed by atoms with van der Waals surface area (Å²) in [5.74, 6) is -2.44. The molecule has 0 aromatic heterocycles. The number of rotatable bonds is 5. The maximum absolute atomic E-state index is 12.2. The zero-order chi connectivity index (χ0) is 17.7. The van der Waals surface area contributed by atoms with Gasteiger partial charge < -0.3 is 9.84 Å². The highest BCUT2D eigenvalue weighted by atomic mass is 35.5. The standard InChI is InChI=1S/C17H12ClF3O3/c18-13-5-1-11(2-6-13)10-24-14-7-3-12(4-8-14)15(22)9-16(23)17(19,20)21/h1-9,23H,10H2. The normalized spacial score (nSPS) is 12.1. The Kier molecular flexibility index (Phi) is 5.51. The van der Waals surface area contributed by atoms with E-state index in [9.17, 15) is 18.0 Å². The highest BCUT2D eigenvalue weighted by Crippen LogP contribution is 2.24. The fourth-order valence-electron chi connectivity index (χ4n) is 1.75. The summed E-state index contributed by atoms with van der Waals surface area (Å²) in [7, 11) is 0. The van der Waals surface area contributed by atoms with Crippen molar-refractivity contribution < 1.29 is 27.8 Å². The molecule has 0 spiro atoms. The summed E-state index contributed by atoms with van der Waals surface area (Å²) in [6.07, 6.45) is -4.80. The lowest BCUT2D eigenvalue weighted by atomic mass is 10.1. The van der Waals surface area contributed by atoms with E-state index in [0.717, 1.165) is 5.56 Å². The number of ketones is 1. The first-order valence-electron chi connectivity index (χ1n) is 6.75. The average Bonchev–Trinajstić information content (AvgIpc) is 2.54. The maximum Gasteiger partial charge on any atom is 0.448 e. The fourth-order valence-corrected chi connectivity index (χ4v) is 1.88. The van der Waals surface area contributed by atoms with Crippen molar-refractivity contribution in [3.8, 4) is 5.75 Å². The molecule has 2 aromatic carbocycles. The summed E-state index contributed by atoms with van der Waals surface area (Å²) >= 11 is 5.77. The molecule has 0 saturated carbocycles. The molecule has 7 heteroatoms. The molecule has 24 heavy (non-hydrogen) atoms. The van der Waals surface area contributed by atoms with Gasteiger partial charge in [-0.25, -0.2) is 0 Å². The molecule has 0 unspecified atom stereocenters. The van der Waals surface area contributed by atoms with E-state index < -0.39 is 17.7 Å². The molecule has 3 nitrogen and oxygen atoms in total. The molecule has 0 fully saturated rings. The molecule has 0 bridgehead atoms. The summed E-state index contributed by atoms with van der Waals surface area (Å²) in [4.78, 5) is 11.6. The summed E-state index contributed by atoms with van der Waals surface area (Å²) in [6.45, 7) is 0.277. The second-order valence-corrected chi connectivity index (χ2v) is 5.27. The number of aliphatic hydroxyl groups is 1. The lowest BCUT2D eigenvalue weighted by Crippen LogP contribution is -2.13. The third-order valence-corrected chi connectivity index (χ3v) is 3.27.